The van der Waals surface area contributed by atoms with Gasteiger partial charge in [-0.2, -0.15) is 0 Å². The molecule has 9 heteroatoms. The van der Waals surface area contributed by atoms with Crippen molar-refractivity contribution in [3.05, 3.63) is 0 Å². The zero-order chi connectivity index (χ0) is 8.36. The number of carbonyl (C=O) groups is 1. The quantitative estimate of drug-likeness (QED) is 0.361. The minimum Gasteiger partial charge on any atom is -0.780 e. The Kier molecular flexibility index (Phi) is 12.7. The van der Waals surface area contributed by atoms with Crippen LogP contribution in [0.15, 0.2) is 0 Å². The van der Waals surface area contributed by atoms with E-state index in [2.05, 4.69) is 4.52 Å². The van der Waals surface area contributed by atoms with Crippen LogP contribution in [0.3, 0.4) is 0 Å². The van der Waals surface area contributed by atoms with Crippen LogP contribution in [0.25, 0.3) is 0 Å². The molecule has 0 aromatic heterocycles. The molecular weight excluding hydrogens is 209 g/mol. The average Bonchev–Trinajstić information content (AvgIpc) is 1.60. The third-order valence-corrected chi connectivity index (χ3v) is 0.946. The van der Waals surface area contributed by atoms with Crippen LogP contribution < -0.4 is 68.9 Å². The first-order valence-electron chi connectivity index (χ1n) is 2.26. The summed E-state index contributed by atoms with van der Waals surface area (Å²) in [5.41, 5.74) is 0. The smallest absolute Gasteiger partial charge is 0.780 e. The summed E-state index contributed by atoms with van der Waals surface area (Å²) in [6, 6.07) is 0. The number of hydrogen-bond donors (Lipinski definition) is 1. The molecule has 0 spiro atoms. The van der Waals surface area contributed by atoms with Gasteiger partial charge in [-0.1, -0.05) is 0 Å². The molecule has 0 bridgehead atoms. The summed E-state index contributed by atoms with van der Waals surface area (Å²) in [4.78, 5) is 29.4. The van der Waals surface area contributed by atoms with Crippen LogP contribution in [0.1, 0.15) is 6.92 Å². The average molecular weight is 214 g/mol. The molecular formula is C3H5Na2O6P. The zero-order valence-electron chi connectivity index (χ0n) is 7.01. The molecule has 0 fully saturated rings. The van der Waals surface area contributed by atoms with Crippen LogP contribution in [-0.2, 0) is 13.9 Å². The molecule has 12 heavy (non-hydrogen) atoms. The predicted octanol–water partition coefficient (Wildman–Crippen LogP) is -8.25. The molecule has 60 valence electrons. The van der Waals surface area contributed by atoms with E-state index in [4.69, 9.17) is 5.11 Å². The van der Waals surface area contributed by atoms with Crippen LogP contribution >= 0.6 is 7.82 Å². The van der Waals surface area contributed by atoms with E-state index in [1.807, 2.05) is 0 Å². The van der Waals surface area contributed by atoms with Crippen molar-refractivity contribution >= 4 is 13.8 Å². The van der Waals surface area contributed by atoms with E-state index in [9.17, 15) is 19.1 Å². The Hall–Kier alpha value is 1.58. The van der Waals surface area contributed by atoms with Gasteiger partial charge in [-0.05, 0) is 6.92 Å². The number of hydrogen-bond acceptors (Lipinski definition) is 6. The Morgan fingerprint density at radius 2 is 1.83 bits per heavy atom. The first-order chi connectivity index (χ1) is 4.33. The summed E-state index contributed by atoms with van der Waals surface area (Å²) >= 11 is 0. The van der Waals surface area contributed by atoms with Crippen molar-refractivity contribution in [3.8, 4) is 0 Å². The summed E-state index contributed by atoms with van der Waals surface area (Å²) in [5.74, 6) is -1.46. The first kappa shape index (κ1) is 19.2. The van der Waals surface area contributed by atoms with Gasteiger partial charge in [0.1, 0.15) is 13.9 Å². The van der Waals surface area contributed by atoms with Gasteiger partial charge < -0.3 is 24.0 Å². The van der Waals surface area contributed by atoms with Crippen LogP contribution in [0.4, 0.5) is 0 Å². The Morgan fingerprint density at radius 3 is 1.92 bits per heavy atom. The van der Waals surface area contributed by atoms with Gasteiger partial charge in [0.2, 0.25) is 0 Å². The molecule has 6 nitrogen and oxygen atoms in total. The van der Waals surface area contributed by atoms with Crippen LogP contribution in [0.5, 0.6) is 0 Å². The Balaban J connectivity index is -0.000000405. The first-order valence-corrected chi connectivity index (χ1v) is 3.72. The van der Waals surface area contributed by atoms with Crippen molar-refractivity contribution in [2.24, 2.45) is 0 Å². The molecule has 0 amide bonds. The van der Waals surface area contributed by atoms with E-state index in [0.717, 1.165) is 6.92 Å². The number of aliphatic hydroxyl groups excluding tert-OH is 1. The molecule has 0 aliphatic carbocycles. The molecule has 0 heterocycles. The second-order valence-electron chi connectivity index (χ2n) is 1.53. The molecule has 1 atom stereocenters. The third kappa shape index (κ3) is 11.6. The van der Waals surface area contributed by atoms with Gasteiger partial charge in [0.25, 0.3) is 0 Å². The molecule has 0 radical (unpaired) electrons. The van der Waals surface area contributed by atoms with E-state index in [1.54, 1.807) is 0 Å². The summed E-state index contributed by atoms with van der Waals surface area (Å²) in [6.45, 7) is 0.984. The van der Waals surface area contributed by atoms with E-state index in [0.29, 0.717) is 0 Å². The largest absolute Gasteiger partial charge is 1.00 e. The van der Waals surface area contributed by atoms with Crippen LogP contribution in [0.2, 0.25) is 0 Å². The molecule has 0 saturated heterocycles. The van der Waals surface area contributed by atoms with Crippen molar-refractivity contribution in [1.82, 2.24) is 0 Å². The molecule has 0 rings (SSSR count). The normalized spacial score (nSPS) is 12.0. The Bertz CT molecular complexity index is 176. The SMILES string of the molecule is CC(O)C(=O)OP(=O)([O-])[O-].[Na+].[Na+]. The van der Waals surface area contributed by atoms with E-state index >= 15 is 0 Å². The maximum Gasteiger partial charge on any atom is 1.00 e. The standard InChI is InChI=1S/C3H7O6P.2Na/c1-2(4)3(5)9-10(6,7)8;;/h2,4H,1H3,(H2,6,7,8);;/q;2*+1/p-2. The fourth-order valence-electron chi connectivity index (χ4n) is 0.186. The van der Waals surface area contributed by atoms with Crippen molar-refractivity contribution in [2.45, 2.75) is 13.0 Å². The summed E-state index contributed by atoms with van der Waals surface area (Å²) < 4.78 is 12.9. The Labute approximate surface area is 114 Å². The minimum atomic E-state index is -5.29. The second kappa shape index (κ2) is 7.94. The minimum absolute atomic E-state index is 0. The number of rotatable bonds is 2. The fraction of sp³-hybridized carbons (Fsp3) is 0.667. The number of phosphoric acid groups is 1. The zero-order valence-corrected chi connectivity index (χ0v) is 11.9. The summed E-state index contributed by atoms with van der Waals surface area (Å²) in [5, 5.41) is 8.31. The molecule has 0 aromatic rings. The van der Waals surface area contributed by atoms with E-state index < -0.39 is 19.9 Å². The van der Waals surface area contributed by atoms with Crippen LogP contribution in [-0.4, -0.2) is 17.2 Å². The van der Waals surface area contributed by atoms with Crippen molar-refractivity contribution in [3.63, 3.8) is 0 Å². The maximum absolute atomic E-state index is 10.1. The molecule has 0 aromatic carbocycles. The predicted molar refractivity (Wildman–Crippen MR) is 25.4 cm³/mol. The molecule has 0 saturated carbocycles. The van der Waals surface area contributed by atoms with E-state index in [-0.39, 0.29) is 59.1 Å². The summed E-state index contributed by atoms with van der Waals surface area (Å²) in [7, 11) is -5.29. The van der Waals surface area contributed by atoms with Gasteiger partial charge >= 0.3 is 65.1 Å². The monoisotopic (exact) mass is 214 g/mol. The summed E-state index contributed by atoms with van der Waals surface area (Å²) in [6.07, 6.45) is -1.60. The number of aliphatic hydroxyl groups is 1. The second-order valence-corrected chi connectivity index (χ2v) is 2.61. The fourth-order valence-corrected chi connectivity index (χ4v) is 0.559. The maximum atomic E-state index is 10.1. The Morgan fingerprint density at radius 1 is 1.50 bits per heavy atom. The van der Waals surface area contributed by atoms with Gasteiger partial charge in [-0.3, -0.25) is 0 Å². The molecule has 1 unspecified atom stereocenters. The van der Waals surface area contributed by atoms with Crippen molar-refractivity contribution < 1.29 is 87.9 Å². The van der Waals surface area contributed by atoms with Crippen molar-refractivity contribution in [1.29, 1.82) is 0 Å². The number of phosphoric ester groups is 1. The van der Waals surface area contributed by atoms with Gasteiger partial charge in [0.05, 0.1) is 0 Å². The van der Waals surface area contributed by atoms with E-state index in [1.165, 1.54) is 0 Å². The molecule has 0 aliphatic heterocycles. The number of carbonyl (C=O) groups excluding carboxylic acids is 1. The van der Waals surface area contributed by atoms with Gasteiger partial charge in [0, 0.05) is 0 Å². The van der Waals surface area contributed by atoms with Gasteiger partial charge in [0.15, 0.2) is 0 Å². The van der Waals surface area contributed by atoms with Crippen molar-refractivity contribution in [2.75, 3.05) is 0 Å². The van der Waals surface area contributed by atoms with Gasteiger partial charge in [-0.15, -0.1) is 0 Å². The molecule has 1 N–H and O–H groups in total. The van der Waals surface area contributed by atoms with Gasteiger partial charge in [-0.25, -0.2) is 4.79 Å². The van der Waals surface area contributed by atoms with Crippen LogP contribution in [0, 0.1) is 0 Å². The molecule has 0 aliphatic rings. The third-order valence-electron chi connectivity index (χ3n) is 0.543. The topological polar surface area (TPSA) is 110 Å².